The van der Waals surface area contributed by atoms with E-state index < -0.39 is 22.3 Å². The molecule has 0 bridgehead atoms. The van der Waals surface area contributed by atoms with Gasteiger partial charge in [-0.05, 0) is 79.9 Å². The SMILES string of the molecule is CC(C)N(C(C)C)P(OCOCCCSC(=O)CCNC(CO)(CO)CO[Si](C)(C)C(C)(C)C)N(C(C)C)C(C)C. The molecule has 0 saturated carbocycles. The zero-order chi connectivity index (χ0) is 32.0. The van der Waals surface area contributed by atoms with Crippen LogP contribution in [-0.2, 0) is 18.5 Å². The highest BCUT2D eigenvalue weighted by Crippen LogP contribution is 2.50. The van der Waals surface area contributed by atoms with Gasteiger partial charge in [0, 0.05) is 42.9 Å². The van der Waals surface area contributed by atoms with Crippen LogP contribution in [0.4, 0.5) is 0 Å². The van der Waals surface area contributed by atoms with Crippen molar-refractivity contribution in [3.63, 3.8) is 0 Å². The third-order valence-electron chi connectivity index (χ3n) is 7.41. The zero-order valence-electron chi connectivity index (χ0n) is 28.5. The average Bonchev–Trinajstić information content (AvgIpc) is 2.84. The molecule has 0 amide bonds. The Morgan fingerprint density at radius 2 is 1.41 bits per heavy atom. The van der Waals surface area contributed by atoms with Crippen LogP contribution < -0.4 is 5.32 Å². The summed E-state index contributed by atoms with van der Waals surface area (Å²) < 4.78 is 23.3. The first-order chi connectivity index (χ1) is 18.9. The fraction of sp³-hybridized carbons (Fsp3) is 0.966. The molecule has 0 aliphatic rings. The van der Waals surface area contributed by atoms with Gasteiger partial charge in [0.2, 0.25) is 0 Å². The predicted octanol–water partition coefficient (Wildman–Crippen LogP) is 5.82. The van der Waals surface area contributed by atoms with E-state index in [2.05, 4.69) is 104 Å². The lowest BCUT2D eigenvalue weighted by Gasteiger charge is -2.45. The van der Waals surface area contributed by atoms with Gasteiger partial charge in [0.15, 0.2) is 28.7 Å². The molecule has 0 aliphatic heterocycles. The lowest BCUT2D eigenvalue weighted by Crippen LogP contribution is -2.58. The quantitative estimate of drug-likeness (QED) is 0.0580. The van der Waals surface area contributed by atoms with Gasteiger partial charge in [-0.1, -0.05) is 32.5 Å². The fourth-order valence-corrected chi connectivity index (χ4v) is 8.13. The van der Waals surface area contributed by atoms with Crippen LogP contribution in [0, 0.1) is 0 Å². The number of rotatable bonds is 22. The Kier molecular flexibility index (Phi) is 19.8. The van der Waals surface area contributed by atoms with Crippen LogP contribution in [0.15, 0.2) is 0 Å². The van der Waals surface area contributed by atoms with Gasteiger partial charge < -0.3 is 29.2 Å². The van der Waals surface area contributed by atoms with Crippen molar-refractivity contribution >= 4 is 33.6 Å². The van der Waals surface area contributed by atoms with E-state index in [9.17, 15) is 15.0 Å². The summed E-state index contributed by atoms with van der Waals surface area (Å²) in [5, 5.41) is 23.2. The Hall–Kier alpha value is 0.347. The van der Waals surface area contributed by atoms with E-state index in [0.717, 1.165) is 6.42 Å². The van der Waals surface area contributed by atoms with Crippen molar-refractivity contribution in [1.29, 1.82) is 0 Å². The van der Waals surface area contributed by atoms with Crippen molar-refractivity contribution in [1.82, 2.24) is 14.7 Å². The van der Waals surface area contributed by atoms with Crippen molar-refractivity contribution in [2.45, 2.75) is 137 Å². The Labute approximate surface area is 258 Å². The zero-order valence-corrected chi connectivity index (χ0v) is 31.2. The van der Waals surface area contributed by atoms with Gasteiger partial charge in [0.1, 0.15) is 0 Å². The van der Waals surface area contributed by atoms with E-state index >= 15 is 0 Å². The van der Waals surface area contributed by atoms with Gasteiger partial charge >= 0.3 is 0 Å². The highest BCUT2D eigenvalue weighted by Gasteiger charge is 2.40. The second-order valence-electron chi connectivity index (χ2n) is 13.4. The van der Waals surface area contributed by atoms with Crippen molar-refractivity contribution in [3.05, 3.63) is 0 Å². The Morgan fingerprint density at radius 3 is 1.83 bits per heavy atom. The van der Waals surface area contributed by atoms with Gasteiger partial charge in [0.05, 0.1) is 32.0 Å². The first-order valence-corrected chi connectivity index (χ1v) is 20.2. The van der Waals surface area contributed by atoms with Gasteiger partial charge in [-0.2, -0.15) is 0 Å². The normalized spacial score (nSPS) is 13.8. The van der Waals surface area contributed by atoms with E-state index in [1.807, 2.05) is 0 Å². The molecule has 0 aromatic rings. The maximum atomic E-state index is 12.4. The molecule has 0 radical (unpaired) electrons. The predicted molar refractivity (Wildman–Crippen MR) is 178 cm³/mol. The van der Waals surface area contributed by atoms with Crippen LogP contribution in [0.2, 0.25) is 18.1 Å². The van der Waals surface area contributed by atoms with E-state index in [1.165, 1.54) is 11.8 Å². The lowest BCUT2D eigenvalue weighted by atomic mass is 10.0. The van der Waals surface area contributed by atoms with Crippen molar-refractivity contribution in [2.24, 2.45) is 0 Å². The second kappa shape index (κ2) is 19.7. The standard InChI is InChI=1S/C29H64N3O6PSSi/c1-23(2)31(24(3)4)39(32(25(5)6)26(7)8)37-22-36-17-14-18-40-27(35)15-16-30-29(19-33,20-34)21-38-41(12,13)28(9,10)11/h23-26,30,33-34H,14-22H2,1-13H3. The van der Waals surface area contributed by atoms with Crippen LogP contribution in [0.1, 0.15) is 89.0 Å². The molecule has 0 aliphatic carbocycles. The monoisotopic (exact) mass is 641 g/mol. The highest BCUT2D eigenvalue weighted by molar-refractivity contribution is 8.13. The summed E-state index contributed by atoms with van der Waals surface area (Å²) in [5.74, 6) is 0.668. The summed E-state index contributed by atoms with van der Waals surface area (Å²) in [6.45, 7) is 29.2. The van der Waals surface area contributed by atoms with E-state index in [0.29, 0.717) is 49.5 Å². The van der Waals surface area contributed by atoms with Crippen LogP contribution in [0.25, 0.3) is 0 Å². The van der Waals surface area contributed by atoms with Crippen LogP contribution in [-0.4, -0.2) is 108 Å². The molecular formula is C29H64N3O6PSSi. The van der Waals surface area contributed by atoms with Crippen molar-refractivity contribution < 1.29 is 28.7 Å². The second-order valence-corrected chi connectivity index (χ2v) is 21.1. The number of carbonyl (C=O) groups excluding carboxylic acids is 1. The molecule has 0 spiro atoms. The number of ether oxygens (including phenoxy) is 1. The maximum Gasteiger partial charge on any atom is 0.192 e. The third kappa shape index (κ3) is 14.8. The Balaban J connectivity index is 4.61. The smallest absolute Gasteiger partial charge is 0.192 e. The molecule has 0 saturated heterocycles. The summed E-state index contributed by atoms with van der Waals surface area (Å²) in [6, 6.07) is 1.40. The molecular weight excluding hydrogens is 577 g/mol. The Bertz CT molecular complexity index is 685. The molecule has 0 rings (SSSR count). The molecule has 3 N–H and O–H groups in total. The lowest BCUT2D eigenvalue weighted by molar-refractivity contribution is -0.111. The van der Waals surface area contributed by atoms with Crippen LogP contribution >= 0.6 is 20.2 Å². The highest BCUT2D eigenvalue weighted by atomic mass is 32.2. The Morgan fingerprint density at radius 1 is 0.927 bits per heavy atom. The van der Waals surface area contributed by atoms with Crippen LogP contribution in [0.3, 0.4) is 0 Å². The summed E-state index contributed by atoms with van der Waals surface area (Å²) >= 11 is 1.29. The van der Waals surface area contributed by atoms with Gasteiger partial charge in [-0.25, -0.2) is 9.34 Å². The molecule has 0 heterocycles. The number of hydrogen-bond donors (Lipinski definition) is 3. The molecule has 41 heavy (non-hydrogen) atoms. The maximum absolute atomic E-state index is 12.4. The molecule has 246 valence electrons. The number of nitrogens with one attached hydrogen (secondary N) is 1. The number of aliphatic hydroxyl groups is 2. The topological polar surface area (TPSA) is 104 Å². The van der Waals surface area contributed by atoms with Crippen molar-refractivity contribution in [3.8, 4) is 0 Å². The van der Waals surface area contributed by atoms with E-state index in [4.69, 9.17) is 13.7 Å². The first-order valence-electron chi connectivity index (χ1n) is 15.2. The molecule has 0 aromatic carbocycles. The van der Waals surface area contributed by atoms with Gasteiger partial charge in [-0.3, -0.25) is 4.79 Å². The molecule has 9 nitrogen and oxygen atoms in total. The van der Waals surface area contributed by atoms with Crippen LogP contribution in [0.5, 0.6) is 0 Å². The fourth-order valence-electron chi connectivity index (χ4n) is 4.07. The summed E-state index contributed by atoms with van der Waals surface area (Å²) in [4.78, 5) is 12.4. The number of hydrogen-bond acceptors (Lipinski definition) is 10. The van der Waals surface area contributed by atoms with E-state index in [1.54, 1.807) is 0 Å². The number of thioether (sulfide) groups is 1. The van der Waals surface area contributed by atoms with Gasteiger partial charge in [-0.15, -0.1) is 0 Å². The molecule has 0 unspecified atom stereocenters. The minimum absolute atomic E-state index is 0.0275. The third-order valence-corrected chi connectivity index (χ3v) is 15.9. The average molecular weight is 642 g/mol. The number of carbonyl (C=O) groups is 1. The number of aliphatic hydroxyl groups excluding tert-OH is 2. The number of nitrogens with zero attached hydrogens (tertiary/aromatic N) is 2. The molecule has 0 fully saturated rings. The molecule has 12 heteroatoms. The van der Waals surface area contributed by atoms with Gasteiger partial charge in [0.25, 0.3) is 0 Å². The largest absolute Gasteiger partial charge is 0.415 e. The molecule has 0 atom stereocenters. The van der Waals surface area contributed by atoms with Crippen molar-refractivity contribution in [2.75, 3.05) is 45.5 Å². The minimum atomic E-state index is -2.04. The molecule has 0 aromatic heterocycles. The first kappa shape index (κ1) is 41.3. The summed E-state index contributed by atoms with van der Waals surface area (Å²) in [7, 11) is -3.02. The van der Waals surface area contributed by atoms with E-state index in [-0.39, 0.29) is 36.8 Å². The minimum Gasteiger partial charge on any atom is -0.415 e. The summed E-state index contributed by atoms with van der Waals surface area (Å²) in [5.41, 5.74) is -0.963. The summed E-state index contributed by atoms with van der Waals surface area (Å²) in [6.07, 6.45) is 1.06.